The largest absolute Gasteiger partial charge is 0.492 e. The molecule has 5 nitrogen and oxygen atoms in total. The molecule has 0 aromatic carbocycles. The Bertz CT molecular complexity index is 439. The van der Waals surface area contributed by atoms with Gasteiger partial charge in [-0.15, -0.1) is 0 Å². The second-order valence-corrected chi connectivity index (χ2v) is 5.53. The number of aryl methyl sites for hydroxylation is 1. The predicted octanol–water partition coefficient (Wildman–Crippen LogP) is 2.46. The quantitative estimate of drug-likeness (QED) is 0.906. The minimum atomic E-state index is 0.0186. The maximum atomic E-state index is 11.5. The van der Waals surface area contributed by atoms with Crippen LogP contribution >= 0.6 is 0 Å². The van der Waals surface area contributed by atoms with E-state index in [9.17, 15) is 4.79 Å². The number of ether oxygens (including phenoxy) is 1. The summed E-state index contributed by atoms with van der Waals surface area (Å²) in [5.41, 5.74) is 1.11. The molecule has 0 bridgehead atoms. The summed E-state index contributed by atoms with van der Waals surface area (Å²) in [5.74, 6) is 1.35. The van der Waals surface area contributed by atoms with E-state index in [1.54, 1.807) is 7.05 Å². The van der Waals surface area contributed by atoms with Gasteiger partial charge in [0.2, 0.25) is 0 Å². The molecule has 0 radical (unpaired) electrons. The van der Waals surface area contributed by atoms with Gasteiger partial charge >= 0.3 is 6.03 Å². The molecule has 1 fully saturated rings. The number of nitrogens with one attached hydrogen (secondary N) is 1. The molecule has 0 unspecified atom stereocenters. The Morgan fingerprint density at radius 3 is 2.76 bits per heavy atom. The second-order valence-electron chi connectivity index (χ2n) is 5.53. The summed E-state index contributed by atoms with van der Waals surface area (Å²) in [4.78, 5) is 17.8. The van der Waals surface area contributed by atoms with Crippen LogP contribution < -0.4 is 10.1 Å². The van der Waals surface area contributed by atoms with Crippen molar-refractivity contribution in [1.29, 1.82) is 0 Å². The number of aromatic nitrogens is 1. The lowest BCUT2D eigenvalue weighted by Gasteiger charge is -2.31. The molecule has 1 saturated heterocycles. The first kappa shape index (κ1) is 15.6. The molecule has 1 aromatic heterocycles. The third kappa shape index (κ3) is 4.62. The van der Waals surface area contributed by atoms with Crippen molar-refractivity contribution in [3.63, 3.8) is 0 Å². The Kier molecular flexibility index (Phi) is 5.84. The lowest BCUT2D eigenvalue weighted by Crippen LogP contribution is -2.43. The molecule has 2 rings (SSSR count). The summed E-state index contributed by atoms with van der Waals surface area (Å²) < 4.78 is 5.82. The third-order valence-corrected chi connectivity index (χ3v) is 3.91. The fourth-order valence-corrected chi connectivity index (χ4v) is 2.58. The van der Waals surface area contributed by atoms with E-state index in [0.29, 0.717) is 12.5 Å². The number of urea groups is 1. The van der Waals surface area contributed by atoms with Crippen molar-refractivity contribution < 1.29 is 9.53 Å². The minimum Gasteiger partial charge on any atom is -0.492 e. The average molecular weight is 291 g/mol. The van der Waals surface area contributed by atoms with E-state index in [4.69, 9.17) is 4.74 Å². The lowest BCUT2D eigenvalue weighted by molar-refractivity contribution is 0.146. The second kappa shape index (κ2) is 7.86. The molecular weight excluding hydrogens is 266 g/mol. The molecular formula is C16H25N3O2. The first-order valence-electron chi connectivity index (χ1n) is 7.77. The van der Waals surface area contributed by atoms with E-state index < -0.39 is 0 Å². The van der Waals surface area contributed by atoms with Crippen molar-refractivity contribution in [3.8, 4) is 5.75 Å². The Hall–Kier alpha value is -1.78. The van der Waals surface area contributed by atoms with Gasteiger partial charge in [0.05, 0.1) is 12.8 Å². The summed E-state index contributed by atoms with van der Waals surface area (Å²) in [7, 11) is 1.67. The smallest absolute Gasteiger partial charge is 0.317 e. The van der Waals surface area contributed by atoms with Crippen LogP contribution in [-0.2, 0) is 6.42 Å². The first-order valence-corrected chi connectivity index (χ1v) is 7.77. The summed E-state index contributed by atoms with van der Waals surface area (Å²) in [6, 6.07) is 4.05. The Labute approximate surface area is 126 Å². The highest BCUT2D eigenvalue weighted by molar-refractivity contribution is 5.73. The standard InChI is InChI=1S/C16H25N3O2/c1-3-4-14-5-6-15(11-18-14)21-12-13-7-9-19(10-8-13)16(20)17-2/h5-6,11,13H,3-4,7-10,12H2,1-2H3,(H,17,20). The molecule has 1 aliphatic rings. The third-order valence-electron chi connectivity index (χ3n) is 3.91. The van der Waals surface area contributed by atoms with Crippen LogP contribution in [-0.4, -0.2) is 42.7 Å². The Morgan fingerprint density at radius 1 is 1.43 bits per heavy atom. The Balaban J connectivity index is 1.73. The van der Waals surface area contributed by atoms with Crippen LogP contribution in [0.25, 0.3) is 0 Å². The number of hydrogen-bond donors (Lipinski definition) is 1. The van der Waals surface area contributed by atoms with Gasteiger partial charge in [0.1, 0.15) is 5.75 Å². The molecule has 1 N–H and O–H groups in total. The average Bonchev–Trinajstić information content (AvgIpc) is 2.54. The molecule has 21 heavy (non-hydrogen) atoms. The van der Waals surface area contributed by atoms with Crippen molar-refractivity contribution in [3.05, 3.63) is 24.0 Å². The van der Waals surface area contributed by atoms with Crippen molar-refractivity contribution in [2.45, 2.75) is 32.6 Å². The van der Waals surface area contributed by atoms with E-state index in [1.807, 2.05) is 23.2 Å². The van der Waals surface area contributed by atoms with Crippen LogP contribution in [0.5, 0.6) is 5.75 Å². The number of hydrogen-bond acceptors (Lipinski definition) is 3. The van der Waals surface area contributed by atoms with Crippen molar-refractivity contribution in [1.82, 2.24) is 15.2 Å². The molecule has 1 aliphatic heterocycles. The molecule has 0 saturated carbocycles. The van der Waals surface area contributed by atoms with E-state index in [0.717, 1.165) is 50.2 Å². The number of carbonyl (C=O) groups is 1. The maximum absolute atomic E-state index is 11.5. The highest BCUT2D eigenvalue weighted by Crippen LogP contribution is 2.19. The molecule has 0 atom stereocenters. The highest BCUT2D eigenvalue weighted by Gasteiger charge is 2.22. The Morgan fingerprint density at radius 2 is 2.19 bits per heavy atom. The number of likely N-dealkylation sites (tertiary alicyclic amines) is 1. The number of nitrogens with zero attached hydrogens (tertiary/aromatic N) is 2. The van der Waals surface area contributed by atoms with E-state index >= 15 is 0 Å². The molecule has 0 aliphatic carbocycles. The summed E-state index contributed by atoms with van der Waals surface area (Å²) >= 11 is 0. The van der Waals surface area contributed by atoms with Gasteiger partial charge in [0, 0.05) is 25.8 Å². The van der Waals surface area contributed by atoms with Crippen LogP contribution in [0.15, 0.2) is 18.3 Å². The normalized spacial score (nSPS) is 15.8. The van der Waals surface area contributed by atoms with Crippen LogP contribution in [0.3, 0.4) is 0 Å². The molecule has 2 heterocycles. The number of amides is 2. The van der Waals surface area contributed by atoms with Gasteiger partial charge in [-0.3, -0.25) is 4.98 Å². The van der Waals surface area contributed by atoms with Gasteiger partial charge in [0.15, 0.2) is 0 Å². The SMILES string of the molecule is CCCc1ccc(OCC2CCN(C(=O)NC)CC2)cn1. The summed E-state index contributed by atoms with van der Waals surface area (Å²) in [6.45, 7) is 4.47. The van der Waals surface area contributed by atoms with Gasteiger partial charge in [-0.25, -0.2) is 4.79 Å². The van der Waals surface area contributed by atoms with Crippen molar-refractivity contribution in [2.24, 2.45) is 5.92 Å². The molecule has 2 amide bonds. The van der Waals surface area contributed by atoms with E-state index in [2.05, 4.69) is 17.2 Å². The number of piperidine rings is 1. The van der Waals surface area contributed by atoms with E-state index in [-0.39, 0.29) is 6.03 Å². The monoisotopic (exact) mass is 291 g/mol. The van der Waals surface area contributed by atoms with Gasteiger partial charge in [-0.05, 0) is 37.3 Å². The number of carbonyl (C=O) groups excluding carboxylic acids is 1. The van der Waals surface area contributed by atoms with E-state index in [1.165, 1.54) is 0 Å². The molecule has 0 spiro atoms. The minimum absolute atomic E-state index is 0.0186. The number of pyridine rings is 1. The topological polar surface area (TPSA) is 54.5 Å². The van der Waals surface area contributed by atoms with Gasteiger partial charge in [0.25, 0.3) is 0 Å². The van der Waals surface area contributed by atoms with Crippen molar-refractivity contribution >= 4 is 6.03 Å². The zero-order valence-corrected chi connectivity index (χ0v) is 13.0. The highest BCUT2D eigenvalue weighted by atomic mass is 16.5. The fourth-order valence-electron chi connectivity index (χ4n) is 2.58. The molecule has 1 aromatic rings. The first-order chi connectivity index (χ1) is 10.2. The summed E-state index contributed by atoms with van der Waals surface area (Å²) in [6.07, 6.45) is 5.92. The van der Waals surface area contributed by atoms with Crippen LogP contribution in [0.2, 0.25) is 0 Å². The van der Waals surface area contributed by atoms with Gasteiger partial charge < -0.3 is 15.0 Å². The lowest BCUT2D eigenvalue weighted by atomic mass is 9.98. The van der Waals surface area contributed by atoms with Crippen LogP contribution in [0.4, 0.5) is 4.79 Å². The zero-order chi connectivity index (χ0) is 15.1. The maximum Gasteiger partial charge on any atom is 0.317 e. The van der Waals surface area contributed by atoms with Crippen molar-refractivity contribution in [2.75, 3.05) is 26.7 Å². The van der Waals surface area contributed by atoms with Crippen LogP contribution in [0, 0.1) is 5.92 Å². The fraction of sp³-hybridized carbons (Fsp3) is 0.625. The zero-order valence-electron chi connectivity index (χ0n) is 13.0. The number of rotatable bonds is 5. The van der Waals surface area contributed by atoms with Gasteiger partial charge in [-0.2, -0.15) is 0 Å². The summed E-state index contributed by atoms with van der Waals surface area (Å²) in [5, 5.41) is 2.67. The van der Waals surface area contributed by atoms with Gasteiger partial charge in [-0.1, -0.05) is 13.3 Å². The van der Waals surface area contributed by atoms with Crippen LogP contribution in [0.1, 0.15) is 31.9 Å². The molecule has 116 valence electrons. The molecule has 5 heteroatoms. The predicted molar refractivity (Wildman–Crippen MR) is 82.5 cm³/mol.